The van der Waals surface area contributed by atoms with Crippen molar-refractivity contribution in [2.45, 2.75) is 19.4 Å². The summed E-state index contributed by atoms with van der Waals surface area (Å²) in [5, 5.41) is 7.40. The van der Waals surface area contributed by atoms with E-state index in [0.717, 1.165) is 29.2 Å². The van der Waals surface area contributed by atoms with Gasteiger partial charge in [-0.1, -0.05) is 6.07 Å². The van der Waals surface area contributed by atoms with Crippen LogP contribution in [0.4, 0.5) is 0 Å². The van der Waals surface area contributed by atoms with E-state index >= 15 is 0 Å². The Labute approximate surface area is 125 Å². The van der Waals surface area contributed by atoms with Gasteiger partial charge in [-0.25, -0.2) is 0 Å². The van der Waals surface area contributed by atoms with Crippen molar-refractivity contribution in [3.8, 4) is 11.5 Å². The number of hydrogen-bond donors (Lipinski definition) is 1. The average molecular weight is 289 g/mol. The molecule has 0 saturated carbocycles. The van der Waals surface area contributed by atoms with Gasteiger partial charge in [0.15, 0.2) is 0 Å². The van der Waals surface area contributed by atoms with E-state index in [0.29, 0.717) is 6.61 Å². The predicted octanol–water partition coefficient (Wildman–Crippen LogP) is 2.33. The van der Waals surface area contributed by atoms with Gasteiger partial charge in [0.05, 0.1) is 13.7 Å². The number of methoxy groups -OCH3 is 1. The first-order chi connectivity index (χ1) is 10.2. The van der Waals surface area contributed by atoms with Crippen LogP contribution in [-0.4, -0.2) is 30.5 Å². The molecule has 0 amide bonds. The molecule has 0 aliphatic rings. The van der Waals surface area contributed by atoms with Gasteiger partial charge < -0.3 is 14.8 Å². The highest BCUT2D eigenvalue weighted by Crippen LogP contribution is 2.29. The lowest BCUT2D eigenvalue weighted by atomic mass is 10.1. The molecule has 0 aliphatic carbocycles. The first-order valence-electron chi connectivity index (χ1n) is 7.10. The molecule has 21 heavy (non-hydrogen) atoms. The summed E-state index contributed by atoms with van der Waals surface area (Å²) < 4.78 is 13.1. The minimum atomic E-state index is 0.225. The van der Waals surface area contributed by atoms with Gasteiger partial charge >= 0.3 is 0 Å². The summed E-state index contributed by atoms with van der Waals surface area (Å²) in [6, 6.07) is 8.16. The van der Waals surface area contributed by atoms with E-state index < -0.39 is 0 Å². The van der Waals surface area contributed by atoms with Crippen molar-refractivity contribution >= 4 is 0 Å². The van der Waals surface area contributed by atoms with E-state index in [9.17, 15) is 0 Å². The summed E-state index contributed by atoms with van der Waals surface area (Å²) in [7, 11) is 5.54. The molecule has 1 aromatic heterocycles. The molecule has 0 aliphatic heterocycles. The monoisotopic (exact) mass is 289 g/mol. The molecule has 114 valence electrons. The molecule has 1 atom stereocenters. The number of rotatable bonds is 7. The van der Waals surface area contributed by atoms with Gasteiger partial charge in [-0.3, -0.25) is 4.68 Å². The average Bonchev–Trinajstić information content (AvgIpc) is 2.91. The number of hydrogen-bond acceptors (Lipinski definition) is 4. The highest BCUT2D eigenvalue weighted by Gasteiger charge is 2.11. The number of aryl methyl sites for hydroxylation is 1. The van der Waals surface area contributed by atoms with E-state index in [1.165, 1.54) is 0 Å². The fraction of sp³-hybridized carbons (Fsp3) is 0.438. The van der Waals surface area contributed by atoms with Crippen LogP contribution >= 0.6 is 0 Å². The fourth-order valence-electron chi connectivity index (χ4n) is 2.19. The lowest BCUT2D eigenvalue weighted by molar-refractivity contribution is 0.309. The summed E-state index contributed by atoms with van der Waals surface area (Å²) in [4.78, 5) is 0. The third kappa shape index (κ3) is 3.76. The van der Waals surface area contributed by atoms with Crippen molar-refractivity contribution in [1.82, 2.24) is 15.1 Å². The van der Waals surface area contributed by atoms with Gasteiger partial charge in [0.2, 0.25) is 0 Å². The maximum atomic E-state index is 5.97. The predicted molar refractivity (Wildman–Crippen MR) is 82.9 cm³/mol. The first kappa shape index (κ1) is 15.4. The van der Waals surface area contributed by atoms with E-state index in [1.54, 1.807) is 13.3 Å². The number of ether oxygens (including phenoxy) is 2. The zero-order valence-electron chi connectivity index (χ0n) is 13.1. The first-order valence-corrected chi connectivity index (χ1v) is 7.10. The van der Waals surface area contributed by atoms with Crippen molar-refractivity contribution in [3.05, 3.63) is 41.7 Å². The molecule has 5 heteroatoms. The molecule has 1 unspecified atom stereocenters. The SMILES string of the molecule is CNC(C)c1ccc(OC)cc1OCCc1ccnn1C. The van der Waals surface area contributed by atoms with Crippen molar-refractivity contribution in [1.29, 1.82) is 0 Å². The Balaban J connectivity index is 2.08. The largest absolute Gasteiger partial charge is 0.497 e. The zero-order valence-corrected chi connectivity index (χ0v) is 13.1. The number of aromatic nitrogens is 2. The smallest absolute Gasteiger partial charge is 0.127 e. The van der Waals surface area contributed by atoms with Gasteiger partial charge in [0.1, 0.15) is 11.5 Å². The fourth-order valence-corrected chi connectivity index (χ4v) is 2.19. The van der Waals surface area contributed by atoms with Gasteiger partial charge in [0, 0.05) is 43.0 Å². The molecule has 1 N–H and O–H groups in total. The molecule has 2 rings (SSSR count). The van der Waals surface area contributed by atoms with Crippen LogP contribution in [0.2, 0.25) is 0 Å². The van der Waals surface area contributed by atoms with Crippen LogP contribution in [-0.2, 0) is 13.5 Å². The Bertz CT molecular complexity index is 581. The summed E-state index contributed by atoms with van der Waals surface area (Å²) >= 11 is 0. The molecule has 0 fully saturated rings. The highest BCUT2D eigenvalue weighted by molar-refractivity contribution is 5.42. The second kappa shape index (κ2) is 7.13. The van der Waals surface area contributed by atoms with Crippen LogP contribution in [0.5, 0.6) is 11.5 Å². The van der Waals surface area contributed by atoms with Crippen molar-refractivity contribution < 1.29 is 9.47 Å². The van der Waals surface area contributed by atoms with Crippen molar-refractivity contribution in [3.63, 3.8) is 0 Å². The Morgan fingerprint density at radius 1 is 1.33 bits per heavy atom. The van der Waals surface area contributed by atoms with Crippen LogP contribution in [0.15, 0.2) is 30.5 Å². The van der Waals surface area contributed by atoms with Crippen molar-refractivity contribution in [2.75, 3.05) is 20.8 Å². The molecule has 1 aromatic carbocycles. The second-order valence-corrected chi connectivity index (χ2v) is 4.96. The standard InChI is InChI=1S/C16H23N3O2/c1-12(17-2)15-6-5-14(20-4)11-16(15)21-10-8-13-7-9-18-19(13)3/h5-7,9,11-12,17H,8,10H2,1-4H3. The Kier molecular flexibility index (Phi) is 5.22. The Hall–Kier alpha value is -2.01. The van der Waals surface area contributed by atoms with Crippen LogP contribution in [0, 0.1) is 0 Å². The van der Waals surface area contributed by atoms with Crippen LogP contribution in [0.1, 0.15) is 24.2 Å². The maximum absolute atomic E-state index is 5.97. The number of benzene rings is 1. The molecule has 0 saturated heterocycles. The van der Waals surface area contributed by atoms with E-state index in [2.05, 4.69) is 17.3 Å². The normalized spacial score (nSPS) is 12.2. The van der Waals surface area contributed by atoms with E-state index in [4.69, 9.17) is 9.47 Å². The Morgan fingerprint density at radius 3 is 2.76 bits per heavy atom. The highest BCUT2D eigenvalue weighted by atomic mass is 16.5. The molecule has 1 heterocycles. The number of nitrogens with zero attached hydrogens (tertiary/aromatic N) is 2. The van der Waals surface area contributed by atoms with Crippen LogP contribution in [0.3, 0.4) is 0 Å². The van der Waals surface area contributed by atoms with E-state index in [1.807, 2.05) is 43.0 Å². The third-order valence-electron chi connectivity index (χ3n) is 3.66. The molecule has 0 spiro atoms. The molecule has 2 aromatic rings. The van der Waals surface area contributed by atoms with Crippen molar-refractivity contribution in [2.24, 2.45) is 7.05 Å². The lowest BCUT2D eigenvalue weighted by Crippen LogP contribution is -2.14. The minimum Gasteiger partial charge on any atom is -0.497 e. The number of nitrogens with one attached hydrogen (secondary N) is 1. The summed E-state index contributed by atoms with van der Waals surface area (Å²) in [5.41, 5.74) is 2.28. The van der Waals surface area contributed by atoms with Gasteiger partial charge in [-0.2, -0.15) is 5.10 Å². The summed E-state index contributed by atoms with van der Waals surface area (Å²) in [6.07, 6.45) is 2.62. The molecule has 0 bridgehead atoms. The third-order valence-corrected chi connectivity index (χ3v) is 3.66. The van der Waals surface area contributed by atoms with Gasteiger partial charge in [0.25, 0.3) is 0 Å². The molecular weight excluding hydrogens is 266 g/mol. The topological polar surface area (TPSA) is 48.3 Å². The van der Waals surface area contributed by atoms with Crippen LogP contribution in [0.25, 0.3) is 0 Å². The molecule has 0 radical (unpaired) electrons. The zero-order chi connectivity index (χ0) is 15.2. The van der Waals surface area contributed by atoms with E-state index in [-0.39, 0.29) is 6.04 Å². The molecular formula is C16H23N3O2. The molecule has 5 nitrogen and oxygen atoms in total. The quantitative estimate of drug-likeness (QED) is 0.850. The second-order valence-electron chi connectivity index (χ2n) is 4.96. The minimum absolute atomic E-state index is 0.225. The van der Waals surface area contributed by atoms with Gasteiger partial charge in [-0.05, 0) is 26.1 Å². The maximum Gasteiger partial charge on any atom is 0.127 e. The summed E-state index contributed by atoms with van der Waals surface area (Å²) in [5.74, 6) is 1.66. The van der Waals surface area contributed by atoms with Gasteiger partial charge in [-0.15, -0.1) is 0 Å². The van der Waals surface area contributed by atoms with Crippen LogP contribution < -0.4 is 14.8 Å². The Morgan fingerprint density at radius 2 is 2.14 bits per heavy atom. The lowest BCUT2D eigenvalue weighted by Gasteiger charge is -2.17. The summed E-state index contributed by atoms with van der Waals surface area (Å²) in [6.45, 7) is 2.71.